The van der Waals surface area contributed by atoms with Crippen LogP contribution in [-0.2, 0) is 16.1 Å². The third kappa shape index (κ3) is 4.90. The minimum Gasteiger partial charge on any atom is -0.452 e. The zero-order valence-electron chi connectivity index (χ0n) is 16.8. The molecule has 7 nitrogen and oxygen atoms in total. The van der Waals surface area contributed by atoms with Crippen LogP contribution in [0.15, 0.2) is 42.6 Å². The van der Waals surface area contributed by atoms with Gasteiger partial charge in [0.1, 0.15) is 22.9 Å². The molecular weight excluding hydrogens is 423 g/mol. The van der Waals surface area contributed by atoms with Crippen molar-refractivity contribution in [2.75, 3.05) is 11.9 Å². The number of aromatic nitrogens is 2. The Balaban J connectivity index is 1.78. The van der Waals surface area contributed by atoms with Crippen molar-refractivity contribution in [2.45, 2.75) is 20.4 Å². The number of anilines is 1. The van der Waals surface area contributed by atoms with Crippen LogP contribution in [0, 0.1) is 31.0 Å². The van der Waals surface area contributed by atoms with Gasteiger partial charge in [0.2, 0.25) is 0 Å². The summed E-state index contributed by atoms with van der Waals surface area (Å²) in [6.45, 7) is 3.33. The average Bonchev–Trinajstić information content (AvgIpc) is 2.97. The summed E-state index contributed by atoms with van der Waals surface area (Å²) in [5.41, 5.74) is 2.61. The molecule has 0 aliphatic carbocycles. The number of pyridine rings is 1. The first kappa shape index (κ1) is 22.0. The second kappa shape index (κ2) is 9.41. The summed E-state index contributed by atoms with van der Waals surface area (Å²) < 4.78 is 20.0. The van der Waals surface area contributed by atoms with Gasteiger partial charge in [0, 0.05) is 18.4 Å². The zero-order chi connectivity index (χ0) is 22.5. The Morgan fingerprint density at radius 1 is 1.26 bits per heavy atom. The number of rotatable bonds is 6. The maximum absolute atomic E-state index is 13.2. The normalized spacial score (nSPS) is 10.4. The van der Waals surface area contributed by atoms with Crippen molar-refractivity contribution in [3.63, 3.8) is 0 Å². The molecule has 0 unspecified atom stereocenters. The number of amides is 1. The lowest BCUT2D eigenvalue weighted by Crippen LogP contribution is -2.23. The van der Waals surface area contributed by atoms with Gasteiger partial charge < -0.3 is 14.6 Å². The van der Waals surface area contributed by atoms with Gasteiger partial charge in [-0.2, -0.15) is 5.26 Å². The van der Waals surface area contributed by atoms with Gasteiger partial charge in [-0.05, 0) is 49.2 Å². The van der Waals surface area contributed by atoms with Crippen LogP contribution in [0.1, 0.15) is 32.7 Å². The second-order valence-corrected chi connectivity index (χ2v) is 7.08. The van der Waals surface area contributed by atoms with E-state index in [1.807, 2.05) is 6.92 Å². The molecule has 31 heavy (non-hydrogen) atoms. The second-order valence-electron chi connectivity index (χ2n) is 6.72. The number of nitriles is 1. The van der Waals surface area contributed by atoms with Gasteiger partial charge >= 0.3 is 5.97 Å². The minimum absolute atomic E-state index is 0.0286. The maximum atomic E-state index is 13.2. The lowest BCUT2D eigenvalue weighted by atomic mass is 10.2. The van der Waals surface area contributed by atoms with Gasteiger partial charge in [0.15, 0.2) is 6.61 Å². The van der Waals surface area contributed by atoms with Crippen LogP contribution >= 0.6 is 11.6 Å². The lowest BCUT2D eigenvalue weighted by Gasteiger charge is -2.13. The van der Waals surface area contributed by atoms with Crippen molar-refractivity contribution in [3.05, 3.63) is 81.5 Å². The largest absolute Gasteiger partial charge is 0.452 e. The topological polar surface area (TPSA) is 97.0 Å². The Hall–Kier alpha value is -3.70. The molecular formula is C22H18ClFN4O3. The number of nitrogens with one attached hydrogen (secondary N) is 1. The average molecular weight is 441 g/mol. The summed E-state index contributed by atoms with van der Waals surface area (Å²) in [7, 11) is 0. The molecule has 0 saturated carbocycles. The Bertz CT molecular complexity index is 1180. The molecule has 0 spiro atoms. The number of carbonyl (C=O) groups excluding carboxylic acids is 2. The molecule has 0 aliphatic rings. The van der Waals surface area contributed by atoms with Crippen LogP contribution in [0.5, 0.6) is 0 Å². The fraction of sp³-hybridized carbons (Fsp3) is 0.182. The fourth-order valence-electron chi connectivity index (χ4n) is 3.02. The van der Waals surface area contributed by atoms with Gasteiger partial charge in [-0.25, -0.2) is 14.2 Å². The first-order valence-electron chi connectivity index (χ1n) is 9.23. The Labute approximate surface area is 183 Å². The SMILES string of the molecule is Cc1c(C#N)c(NC(=O)COC(=O)c2cccnc2Cl)n(Cc2ccc(F)cc2)c1C. The predicted octanol–water partition coefficient (Wildman–Crippen LogP) is 4.01. The summed E-state index contributed by atoms with van der Waals surface area (Å²) >= 11 is 5.86. The van der Waals surface area contributed by atoms with Crippen molar-refractivity contribution in [1.29, 1.82) is 5.26 Å². The van der Waals surface area contributed by atoms with Crippen LogP contribution in [0.3, 0.4) is 0 Å². The number of nitrogens with zero attached hydrogens (tertiary/aromatic N) is 3. The monoisotopic (exact) mass is 440 g/mol. The van der Waals surface area contributed by atoms with E-state index in [1.54, 1.807) is 23.6 Å². The van der Waals surface area contributed by atoms with E-state index in [0.717, 1.165) is 11.3 Å². The lowest BCUT2D eigenvalue weighted by molar-refractivity contribution is -0.119. The van der Waals surface area contributed by atoms with Crippen LogP contribution in [0.25, 0.3) is 0 Å². The fourth-order valence-corrected chi connectivity index (χ4v) is 3.21. The van der Waals surface area contributed by atoms with Gasteiger partial charge in [-0.3, -0.25) is 4.79 Å². The minimum atomic E-state index is -0.789. The maximum Gasteiger partial charge on any atom is 0.341 e. The molecule has 9 heteroatoms. The van der Waals surface area contributed by atoms with E-state index in [4.69, 9.17) is 16.3 Å². The predicted molar refractivity (Wildman–Crippen MR) is 112 cm³/mol. The highest BCUT2D eigenvalue weighted by atomic mass is 35.5. The number of hydrogen-bond acceptors (Lipinski definition) is 5. The van der Waals surface area contributed by atoms with Gasteiger partial charge in [0.25, 0.3) is 5.91 Å². The molecule has 1 N–H and O–H groups in total. The standard InChI is InChI=1S/C22H18ClFN4O3/c1-13-14(2)28(11-15-5-7-16(24)8-6-15)21(18(13)10-25)27-19(29)12-31-22(30)17-4-3-9-26-20(17)23/h3-9H,11-12H2,1-2H3,(H,27,29). The molecule has 0 atom stereocenters. The molecule has 0 bridgehead atoms. The van der Waals surface area contributed by atoms with E-state index in [1.165, 1.54) is 30.5 Å². The summed E-state index contributed by atoms with van der Waals surface area (Å²) in [4.78, 5) is 28.4. The summed E-state index contributed by atoms with van der Waals surface area (Å²) in [6.07, 6.45) is 1.43. The molecule has 158 valence electrons. The van der Waals surface area contributed by atoms with E-state index in [0.29, 0.717) is 17.7 Å². The van der Waals surface area contributed by atoms with E-state index in [-0.39, 0.29) is 22.4 Å². The van der Waals surface area contributed by atoms with Crippen LogP contribution in [0.2, 0.25) is 5.15 Å². The van der Waals surface area contributed by atoms with Gasteiger partial charge in [-0.15, -0.1) is 0 Å². The Morgan fingerprint density at radius 2 is 1.97 bits per heavy atom. The quantitative estimate of drug-likeness (QED) is 0.461. The number of ether oxygens (including phenoxy) is 1. The highest BCUT2D eigenvalue weighted by Gasteiger charge is 2.21. The molecule has 0 radical (unpaired) electrons. The van der Waals surface area contributed by atoms with Crippen LogP contribution in [0.4, 0.5) is 10.2 Å². The van der Waals surface area contributed by atoms with Crippen molar-refractivity contribution < 1.29 is 18.7 Å². The van der Waals surface area contributed by atoms with Crippen molar-refractivity contribution in [1.82, 2.24) is 9.55 Å². The molecule has 1 amide bonds. The van der Waals surface area contributed by atoms with E-state index >= 15 is 0 Å². The first-order chi connectivity index (χ1) is 14.8. The number of esters is 1. The van der Waals surface area contributed by atoms with Crippen molar-refractivity contribution in [3.8, 4) is 6.07 Å². The Morgan fingerprint density at radius 3 is 2.61 bits per heavy atom. The van der Waals surface area contributed by atoms with Gasteiger partial charge in [0.05, 0.1) is 11.1 Å². The summed E-state index contributed by atoms with van der Waals surface area (Å²) in [6, 6.07) is 11.0. The number of benzene rings is 1. The molecule has 0 saturated heterocycles. The van der Waals surface area contributed by atoms with Crippen LogP contribution in [-0.4, -0.2) is 28.0 Å². The van der Waals surface area contributed by atoms with Gasteiger partial charge in [-0.1, -0.05) is 23.7 Å². The number of carbonyl (C=O) groups is 2. The molecule has 0 aliphatic heterocycles. The molecule has 3 rings (SSSR count). The molecule has 2 aromatic heterocycles. The van der Waals surface area contributed by atoms with E-state index in [9.17, 15) is 19.2 Å². The molecule has 0 fully saturated rings. The molecule has 2 heterocycles. The highest BCUT2D eigenvalue weighted by molar-refractivity contribution is 6.32. The van der Waals surface area contributed by atoms with E-state index in [2.05, 4.69) is 16.4 Å². The van der Waals surface area contributed by atoms with Crippen molar-refractivity contribution >= 4 is 29.3 Å². The number of hydrogen-bond donors (Lipinski definition) is 1. The summed E-state index contributed by atoms with van der Waals surface area (Å²) in [5.74, 6) is -1.49. The third-order valence-corrected chi connectivity index (χ3v) is 5.07. The number of halogens is 2. The van der Waals surface area contributed by atoms with Crippen LogP contribution < -0.4 is 5.32 Å². The molecule has 1 aromatic carbocycles. The third-order valence-electron chi connectivity index (χ3n) is 4.77. The highest BCUT2D eigenvalue weighted by Crippen LogP contribution is 2.27. The molecule has 3 aromatic rings. The van der Waals surface area contributed by atoms with E-state index < -0.39 is 18.5 Å². The summed E-state index contributed by atoms with van der Waals surface area (Å²) in [5, 5.41) is 12.2. The smallest absolute Gasteiger partial charge is 0.341 e. The zero-order valence-corrected chi connectivity index (χ0v) is 17.5. The van der Waals surface area contributed by atoms with Crippen molar-refractivity contribution in [2.24, 2.45) is 0 Å². The first-order valence-corrected chi connectivity index (χ1v) is 9.61. The Kier molecular flexibility index (Phi) is 6.68.